The Morgan fingerprint density at radius 2 is 1.95 bits per heavy atom. The first-order chi connectivity index (χ1) is 10.6. The Kier molecular flexibility index (Phi) is 6.12. The molecule has 0 aliphatic heterocycles. The highest BCUT2D eigenvalue weighted by molar-refractivity contribution is 7.09. The average Bonchev–Trinajstić information content (AvgIpc) is 3.13. The molecule has 0 bridgehead atoms. The fourth-order valence-electron chi connectivity index (χ4n) is 3.30. The second-order valence-electron chi connectivity index (χ2n) is 6.41. The first-order valence-corrected chi connectivity index (χ1v) is 9.19. The molecule has 0 aliphatic rings. The van der Waals surface area contributed by atoms with Gasteiger partial charge in [-0.25, -0.2) is 4.98 Å². The molecular formula is C17H28N4S. The molecule has 0 aromatic carbocycles. The monoisotopic (exact) mass is 320 g/mol. The predicted octanol–water partition coefficient (Wildman–Crippen LogP) is 4.97. The summed E-state index contributed by atoms with van der Waals surface area (Å²) in [5, 5.41) is 5.58. The SMILES string of the molecule is CCCCCCC(C)(CCC)c1cc(-c2ncns2)nn1C. The predicted molar refractivity (Wildman–Crippen MR) is 93.1 cm³/mol. The van der Waals surface area contributed by atoms with E-state index >= 15 is 0 Å². The van der Waals surface area contributed by atoms with Crippen molar-refractivity contribution in [2.24, 2.45) is 7.05 Å². The van der Waals surface area contributed by atoms with Crippen LogP contribution in [0, 0.1) is 0 Å². The van der Waals surface area contributed by atoms with Gasteiger partial charge < -0.3 is 0 Å². The number of hydrogen-bond acceptors (Lipinski definition) is 4. The van der Waals surface area contributed by atoms with Crippen LogP contribution in [0.1, 0.15) is 71.4 Å². The van der Waals surface area contributed by atoms with Gasteiger partial charge in [-0.2, -0.15) is 9.47 Å². The third-order valence-electron chi connectivity index (χ3n) is 4.46. The molecule has 0 radical (unpaired) electrons. The molecule has 2 heterocycles. The molecule has 1 atom stereocenters. The molecule has 0 fully saturated rings. The van der Waals surface area contributed by atoms with E-state index in [2.05, 4.69) is 48.3 Å². The minimum absolute atomic E-state index is 0.202. The van der Waals surface area contributed by atoms with Crippen LogP contribution in [0.3, 0.4) is 0 Å². The molecule has 1 unspecified atom stereocenters. The number of unbranched alkanes of at least 4 members (excludes halogenated alkanes) is 3. The van der Waals surface area contributed by atoms with Crippen molar-refractivity contribution in [3.63, 3.8) is 0 Å². The third kappa shape index (κ3) is 3.94. The van der Waals surface area contributed by atoms with E-state index in [-0.39, 0.29) is 5.41 Å². The van der Waals surface area contributed by atoms with Gasteiger partial charge in [0.05, 0.1) is 0 Å². The summed E-state index contributed by atoms with van der Waals surface area (Å²) in [6.45, 7) is 6.93. The van der Waals surface area contributed by atoms with Crippen LogP contribution < -0.4 is 0 Å². The van der Waals surface area contributed by atoms with Crippen molar-refractivity contribution in [1.29, 1.82) is 0 Å². The van der Waals surface area contributed by atoms with E-state index in [4.69, 9.17) is 0 Å². The quantitative estimate of drug-likeness (QED) is 0.613. The molecular weight excluding hydrogens is 292 g/mol. The van der Waals surface area contributed by atoms with E-state index in [1.54, 1.807) is 6.33 Å². The van der Waals surface area contributed by atoms with Gasteiger partial charge in [-0.1, -0.05) is 52.9 Å². The van der Waals surface area contributed by atoms with Gasteiger partial charge in [0.15, 0.2) is 5.01 Å². The maximum atomic E-state index is 4.67. The van der Waals surface area contributed by atoms with Crippen molar-refractivity contribution in [3.8, 4) is 10.7 Å². The zero-order valence-electron chi connectivity index (χ0n) is 14.3. The lowest BCUT2D eigenvalue weighted by atomic mass is 9.77. The van der Waals surface area contributed by atoms with Crippen LogP contribution in [0.15, 0.2) is 12.4 Å². The Morgan fingerprint density at radius 1 is 1.14 bits per heavy atom. The van der Waals surface area contributed by atoms with Crippen LogP contribution >= 0.6 is 11.5 Å². The summed E-state index contributed by atoms with van der Waals surface area (Å²) in [7, 11) is 2.06. The molecule has 22 heavy (non-hydrogen) atoms. The summed E-state index contributed by atoms with van der Waals surface area (Å²) in [6.07, 6.45) is 10.5. The van der Waals surface area contributed by atoms with E-state index in [0.29, 0.717) is 0 Å². The van der Waals surface area contributed by atoms with Crippen molar-refractivity contribution in [3.05, 3.63) is 18.1 Å². The molecule has 122 valence electrons. The van der Waals surface area contributed by atoms with Gasteiger partial charge in [0.1, 0.15) is 12.0 Å². The second-order valence-corrected chi connectivity index (χ2v) is 7.19. The van der Waals surface area contributed by atoms with Crippen LogP contribution in [0.4, 0.5) is 0 Å². The summed E-state index contributed by atoms with van der Waals surface area (Å²) in [5.74, 6) is 0. The Bertz CT molecular complexity index is 561. The van der Waals surface area contributed by atoms with Crippen LogP contribution in [0.5, 0.6) is 0 Å². The first kappa shape index (κ1) is 17.1. The minimum Gasteiger partial charge on any atom is -0.271 e. The van der Waals surface area contributed by atoms with Crippen molar-refractivity contribution < 1.29 is 0 Å². The minimum atomic E-state index is 0.202. The number of rotatable bonds is 9. The van der Waals surface area contributed by atoms with Crippen LogP contribution in [-0.2, 0) is 12.5 Å². The maximum absolute atomic E-state index is 4.67. The Balaban J connectivity index is 2.20. The highest BCUT2D eigenvalue weighted by Crippen LogP contribution is 2.36. The highest BCUT2D eigenvalue weighted by atomic mass is 32.1. The number of aromatic nitrogens is 4. The molecule has 4 nitrogen and oxygen atoms in total. The van der Waals surface area contributed by atoms with E-state index in [0.717, 1.165) is 10.7 Å². The molecule has 0 amide bonds. The Labute approximate surface area is 138 Å². The normalized spacial score (nSPS) is 14.2. The van der Waals surface area contributed by atoms with E-state index in [1.165, 1.54) is 62.2 Å². The van der Waals surface area contributed by atoms with Gasteiger partial charge in [0.25, 0.3) is 0 Å². The molecule has 0 N–H and O–H groups in total. The second kappa shape index (κ2) is 7.86. The van der Waals surface area contributed by atoms with Crippen molar-refractivity contribution in [2.75, 3.05) is 0 Å². The first-order valence-electron chi connectivity index (χ1n) is 8.42. The number of aryl methyl sites for hydroxylation is 1. The number of hydrogen-bond donors (Lipinski definition) is 0. The topological polar surface area (TPSA) is 43.6 Å². The van der Waals surface area contributed by atoms with Gasteiger partial charge in [-0.3, -0.25) is 4.68 Å². The van der Waals surface area contributed by atoms with Gasteiger partial charge >= 0.3 is 0 Å². The summed E-state index contributed by atoms with van der Waals surface area (Å²) < 4.78 is 6.14. The fraction of sp³-hybridized carbons (Fsp3) is 0.706. The van der Waals surface area contributed by atoms with Crippen LogP contribution in [0.2, 0.25) is 0 Å². The lowest BCUT2D eigenvalue weighted by Gasteiger charge is -2.29. The van der Waals surface area contributed by atoms with Gasteiger partial charge in [-0.15, -0.1) is 0 Å². The summed E-state index contributed by atoms with van der Waals surface area (Å²) in [4.78, 5) is 4.29. The largest absolute Gasteiger partial charge is 0.271 e. The summed E-state index contributed by atoms with van der Waals surface area (Å²) >= 11 is 1.41. The van der Waals surface area contributed by atoms with E-state index in [1.807, 2.05) is 4.68 Å². The lowest BCUT2D eigenvalue weighted by Crippen LogP contribution is -2.25. The third-order valence-corrected chi connectivity index (χ3v) is 5.15. The van der Waals surface area contributed by atoms with Crippen molar-refractivity contribution in [2.45, 2.75) is 71.1 Å². The van der Waals surface area contributed by atoms with Gasteiger partial charge in [-0.05, 0) is 30.4 Å². The van der Waals surface area contributed by atoms with Gasteiger partial charge in [0.2, 0.25) is 0 Å². The Morgan fingerprint density at radius 3 is 2.59 bits per heavy atom. The molecule has 2 rings (SSSR count). The van der Waals surface area contributed by atoms with Crippen LogP contribution in [0.25, 0.3) is 10.7 Å². The molecule has 0 aliphatic carbocycles. The maximum Gasteiger partial charge on any atom is 0.163 e. The van der Waals surface area contributed by atoms with Gasteiger partial charge in [0, 0.05) is 18.2 Å². The molecule has 0 spiro atoms. The average molecular weight is 321 g/mol. The zero-order chi connectivity index (χ0) is 16.0. The van der Waals surface area contributed by atoms with Crippen LogP contribution in [-0.4, -0.2) is 19.1 Å². The molecule has 0 saturated heterocycles. The summed E-state index contributed by atoms with van der Waals surface area (Å²) in [5.41, 5.74) is 2.49. The Hall–Kier alpha value is -1.23. The fourth-order valence-corrected chi connectivity index (χ4v) is 3.78. The van der Waals surface area contributed by atoms with Crippen molar-refractivity contribution in [1.82, 2.24) is 19.1 Å². The zero-order valence-corrected chi connectivity index (χ0v) is 15.1. The molecule has 2 aromatic heterocycles. The number of nitrogens with zero attached hydrogens (tertiary/aromatic N) is 4. The standard InChI is InChI=1S/C17H28N4S/c1-5-7-8-9-11-17(3,10-6-2)15-12-14(20-21(15)4)16-18-13-19-22-16/h12-13H,5-11H2,1-4H3. The molecule has 2 aromatic rings. The molecule has 5 heteroatoms. The van der Waals surface area contributed by atoms with E-state index in [9.17, 15) is 0 Å². The summed E-state index contributed by atoms with van der Waals surface area (Å²) in [6, 6.07) is 2.22. The smallest absolute Gasteiger partial charge is 0.163 e. The van der Waals surface area contributed by atoms with Crippen molar-refractivity contribution >= 4 is 11.5 Å². The lowest BCUT2D eigenvalue weighted by molar-refractivity contribution is 0.353. The van der Waals surface area contributed by atoms with E-state index < -0.39 is 0 Å². The highest BCUT2D eigenvalue weighted by Gasteiger charge is 2.29. The molecule has 0 saturated carbocycles.